The van der Waals surface area contributed by atoms with E-state index in [9.17, 15) is 0 Å². The highest BCUT2D eigenvalue weighted by Crippen LogP contribution is 2.37. The molecule has 0 bridgehead atoms. The summed E-state index contributed by atoms with van der Waals surface area (Å²) in [4.78, 5) is 0. The van der Waals surface area contributed by atoms with Gasteiger partial charge in [0.25, 0.3) is 0 Å². The normalized spacial score (nSPS) is 11.3. The van der Waals surface area contributed by atoms with Crippen molar-refractivity contribution < 1.29 is 0 Å². The third kappa shape index (κ3) is 3.35. The summed E-state index contributed by atoms with van der Waals surface area (Å²) in [5.74, 6) is 0. The topological polar surface area (TPSA) is 17.0 Å². The molecule has 0 saturated carbocycles. The largest absolute Gasteiger partial charge is 0.355 e. The molecular weight excluding hydrogens is 436 g/mol. The Kier molecular flexibility index (Phi) is 4.82. The third-order valence-corrected chi connectivity index (χ3v) is 6.97. The Bertz CT molecular complexity index is 1810. The standard InChI is InChI=1S/C34H24N2/c1-2-11-24(12-3-1)25-13-10-14-26(23-25)35-31-21-22-34(28-16-5-4-15-27(28)31)36-32-19-8-6-17-29(32)30-18-7-9-20-33(30)36/h1-23,35H. The predicted molar refractivity (Wildman–Crippen MR) is 153 cm³/mol. The summed E-state index contributed by atoms with van der Waals surface area (Å²) < 4.78 is 2.40. The van der Waals surface area contributed by atoms with Gasteiger partial charge < -0.3 is 9.88 Å². The number of anilines is 2. The van der Waals surface area contributed by atoms with Crippen molar-refractivity contribution in [3.8, 4) is 16.8 Å². The Hall–Kier alpha value is -4.82. The molecule has 0 saturated heterocycles. The zero-order valence-corrected chi connectivity index (χ0v) is 19.7. The molecular formula is C34H24N2. The molecule has 170 valence electrons. The number of hydrogen-bond acceptors (Lipinski definition) is 1. The van der Waals surface area contributed by atoms with Crippen molar-refractivity contribution in [1.29, 1.82) is 0 Å². The van der Waals surface area contributed by atoms with Crippen molar-refractivity contribution in [2.45, 2.75) is 0 Å². The van der Waals surface area contributed by atoms with Gasteiger partial charge in [-0.2, -0.15) is 0 Å². The summed E-state index contributed by atoms with van der Waals surface area (Å²) in [5.41, 5.74) is 8.22. The minimum atomic E-state index is 1.08. The van der Waals surface area contributed by atoms with Crippen molar-refractivity contribution in [3.63, 3.8) is 0 Å². The monoisotopic (exact) mass is 460 g/mol. The van der Waals surface area contributed by atoms with Crippen molar-refractivity contribution in [2.24, 2.45) is 0 Å². The maximum Gasteiger partial charge on any atom is 0.0542 e. The third-order valence-electron chi connectivity index (χ3n) is 6.97. The van der Waals surface area contributed by atoms with Gasteiger partial charge in [-0.05, 0) is 47.5 Å². The van der Waals surface area contributed by atoms with Gasteiger partial charge in [0, 0.05) is 32.9 Å². The lowest BCUT2D eigenvalue weighted by Crippen LogP contribution is -1.98. The van der Waals surface area contributed by atoms with Crippen LogP contribution in [0.25, 0.3) is 49.4 Å². The van der Waals surface area contributed by atoms with Gasteiger partial charge in [0.15, 0.2) is 0 Å². The number of fused-ring (bicyclic) bond motifs is 4. The molecule has 0 radical (unpaired) electrons. The quantitative estimate of drug-likeness (QED) is 0.277. The molecule has 0 unspecified atom stereocenters. The average molecular weight is 461 g/mol. The molecule has 0 atom stereocenters. The Morgan fingerprint density at radius 1 is 0.417 bits per heavy atom. The molecule has 0 aliphatic rings. The van der Waals surface area contributed by atoms with E-state index in [0.717, 1.165) is 11.4 Å². The highest BCUT2D eigenvalue weighted by atomic mass is 15.0. The van der Waals surface area contributed by atoms with Gasteiger partial charge in [0.2, 0.25) is 0 Å². The first-order valence-corrected chi connectivity index (χ1v) is 12.3. The molecule has 36 heavy (non-hydrogen) atoms. The van der Waals surface area contributed by atoms with Crippen LogP contribution in [-0.4, -0.2) is 4.57 Å². The molecule has 1 heterocycles. The molecule has 2 heteroatoms. The SMILES string of the molecule is c1ccc(-c2cccc(Nc3ccc(-n4c5ccccc5c5ccccc54)c4ccccc34)c2)cc1. The summed E-state index contributed by atoms with van der Waals surface area (Å²) in [5, 5.41) is 8.66. The molecule has 2 nitrogen and oxygen atoms in total. The van der Waals surface area contributed by atoms with Gasteiger partial charge in [0.05, 0.1) is 16.7 Å². The second-order valence-electron chi connectivity index (χ2n) is 9.12. The number of aromatic nitrogens is 1. The van der Waals surface area contributed by atoms with E-state index in [2.05, 4.69) is 149 Å². The lowest BCUT2D eigenvalue weighted by atomic mass is 10.0. The zero-order chi connectivity index (χ0) is 23.9. The van der Waals surface area contributed by atoms with E-state index >= 15 is 0 Å². The molecule has 7 rings (SSSR count). The lowest BCUT2D eigenvalue weighted by molar-refractivity contribution is 1.20. The fraction of sp³-hybridized carbons (Fsp3) is 0. The average Bonchev–Trinajstić information content (AvgIpc) is 3.28. The van der Waals surface area contributed by atoms with Crippen LogP contribution < -0.4 is 5.32 Å². The molecule has 0 aliphatic heterocycles. The summed E-state index contributed by atoms with van der Waals surface area (Å²) in [7, 11) is 0. The highest BCUT2D eigenvalue weighted by molar-refractivity contribution is 6.11. The van der Waals surface area contributed by atoms with Gasteiger partial charge >= 0.3 is 0 Å². The molecule has 1 N–H and O–H groups in total. The van der Waals surface area contributed by atoms with Gasteiger partial charge in [-0.3, -0.25) is 0 Å². The van der Waals surface area contributed by atoms with Gasteiger partial charge in [-0.1, -0.05) is 103 Å². The van der Waals surface area contributed by atoms with Crippen molar-refractivity contribution in [3.05, 3.63) is 140 Å². The molecule has 1 aromatic heterocycles. The van der Waals surface area contributed by atoms with Crippen LogP contribution in [0.5, 0.6) is 0 Å². The summed E-state index contributed by atoms with van der Waals surface area (Å²) >= 11 is 0. The molecule has 7 aromatic rings. The molecule has 0 aliphatic carbocycles. The number of rotatable bonds is 4. The second kappa shape index (κ2) is 8.44. The van der Waals surface area contributed by atoms with Crippen LogP contribution in [0.2, 0.25) is 0 Å². The Morgan fingerprint density at radius 2 is 1.00 bits per heavy atom. The zero-order valence-electron chi connectivity index (χ0n) is 19.7. The Morgan fingerprint density at radius 3 is 1.72 bits per heavy atom. The van der Waals surface area contributed by atoms with E-state index in [1.165, 1.54) is 49.4 Å². The van der Waals surface area contributed by atoms with E-state index in [0.29, 0.717) is 0 Å². The second-order valence-corrected chi connectivity index (χ2v) is 9.12. The fourth-order valence-electron chi connectivity index (χ4n) is 5.33. The maximum atomic E-state index is 3.69. The van der Waals surface area contributed by atoms with Crippen LogP contribution in [0.15, 0.2) is 140 Å². The lowest BCUT2D eigenvalue weighted by Gasteiger charge is -2.16. The number of nitrogens with zero attached hydrogens (tertiary/aromatic N) is 1. The first-order valence-electron chi connectivity index (χ1n) is 12.3. The number of nitrogens with one attached hydrogen (secondary N) is 1. The van der Waals surface area contributed by atoms with Crippen LogP contribution in [0.4, 0.5) is 11.4 Å². The summed E-state index contributed by atoms with van der Waals surface area (Å²) in [6.45, 7) is 0. The number of hydrogen-bond donors (Lipinski definition) is 1. The molecule has 0 amide bonds. The first-order chi connectivity index (χ1) is 17.9. The molecule has 6 aromatic carbocycles. The van der Waals surface area contributed by atoms with Crippen LogP contribution in [0, 0.1) is 0 Å². The van der Waals surface area contributed by atoms with Gasteiger partial charge in [-0.25, -0.2) is 0 Å². The highest BCUT2D eigenvalue weighted by Gasteiger charge is 2.15. The molecule has 0 spiro atoms. The van der Waals surface area contributed by atoms with Crippen molar-refractivity contribution >= 4 is 44.0 Å². The Labute approximate surface area is 210 Å². The fourth-order valence-corrected chi connectivity index (χ4v) is 5.33. The van der Waals surface area contributed by atoms with Crippen LogP contribution in [-0.2, 0) is 0 Å². The Balaban J connectivity index is 1.38. The number of para-hydroxylation sites is 2. The molecule has 0 fully saturated rings. The van der Waals surface area contributed by atoms with Crippen LogP contribution in [0.1, 0.15) is 0 Å². The minimum absolute atomic E-state index is 1.08. The first kappa shape index (κ1) is 20.5. The maximum absolute atomic E-state index is 3.69. The number of benzene rings is 6. The minimum Gasteiger partial charge on any atom is -0.355 e. The van der Waals surface area contributed by atoms with Crippen LogP contribution >= 0.6 is 0 Å². The van der Waals surface area contributed by atoms with Gasteiger partial charge in [0.1, 0.15) is 0 Å². The summed E-state index contributed by atoms with van der Waals surface area (Å²) in [6, 6.07) is 49.6. The smallest absolute Gasteiger partial charge is 0.0542 e. The van der Waals surface area contributed by atoms with Crippen molar-refractivity contribution in [2.75, 3.05) is 5.32 Å². The van der Waals surface area contributed by atoms with E-state index in [4.69, 9.17) is 0 Å². The van der Waals surface area contributed by atoms with E-state index in [1.54, 1.807) is 0 Å². The van der Waals surface area contributed by atoms with E-state index < -0.39 is 0 Å². The predicted octanol–water partition coefficient (Wildman–Crippen LogP) is 9.35. The van der Waals surface area contributed by atoms with Crippen molar-refractivity contribution in [1.82, 2.24) is 4.57 Å². The van der Waals surface area contributed by atoms with E-state index in [1.807, 2.05) is 0 Å². The van der Waals surface area contributed by atoms with Gasteiger partial charge in [-0.15, -0.1) is 0 Å². The van der Waals surface area contributed by atoms with Crippen LogP contribution in [0.3, 0.4) is 0 Å². The van der Waals surface area contributed by atoms with E-state index in [-0.39, 0.29) is 0 Å². The summed E-state index contributed by atoms with van der Waals surface area (Å²) in [6.07, 6.45) is 0.